The summed E-state index contributed by atoms with van der Waals surface area (Å²) < 4.78 is 4.93. The summed E-state index contributed by atoms with van der Waals surface area (Å²) in [5.74, 6) is 0.790. The van der Waals surface area contributed by atoms with Gasteiger partial charge < -0.3 is 15.4 Å². The number of methoxy groups -OCH3 is 1. The third-order valence-corrected chi connectivity index (χ3v) is 2.50. The summed E-state index contributed by atoms with van der Waals surface area (Å²) in [5.41, 5.74) is 0. The van der Waals surface area contributed by atoms with Gasteiger partial charge >= 0.3 is 0 Å². The van der Waals surface area contributed by atoms with E-state index in [0.29, 0.717) is 6.04 Å². The zero-order chi connectivity index (χ0) is 9.68. The summed E-state index contributed by atoms with van der Waals surface area (Å²) in [6.07, 6.45) is 2.25. The largest absolute Gasteiger partial charge is 0.385 e. The van der Waals surface area contributed by atoms with Crippen LogP contribution in [0.4, 0.5) is 0 Å². The Labute approximate surface area is 85.2 Å². The molecule has 0 aromatic carbocycles. The first-order valence-electron chi connectivity index (χ1n) is 4.77. The fourth-order valence-corrected chi connectivity index (χ4v) is 1.41. The third kappa shape index (κ3) is 4.43. The Kier molecular flexibility index (Phi) is 4.45. The lowest BCUT2D eigenvalue weighted by Crippen LogP contribution is -2.37. The van der Waals surface area contributed by atoms with Crippen molar-refractivity contribution < 1.29 is 4.74 Å². The van der Waals surface area contributed by atoms with Crippen LogP contribution in [0.5, 0.6) is 0 Å². The van der Waals surface area contributed by atoms with Crippen LogP contribution in [-0.2, 0) is 4.74 Å². The smallest absolute Gasteiger partial charge is 0.166 e. The molecule has 0 amide bonds. The van der Waals surface area contributed by atoms with Crippen molar-refractivity contribution in [3.05, 3.63) is 0 Å². The standard InChI is InChI=1S/C9H18N2OS/c1-7-6-8(7)11-9(13)10-4-3-5-12-2/h7-8H,3-6H2,1-2H3,(H2,10,11,13). The monoisotopic (exact) mass is 202 g/mol. The van der Waals surface area contributed by atoms with Gasteiger partial charge in [-0.1, -0.05) is 6.92 Å². The van der Waals surface area contributed by atoms with E-state index >= 15 is 0 Å². The van der Waals surface area contributed by atoms with Crippen molar-refractivity contribution in [1.29, 1.82) is 0 Å². The molecule has 0 heterocycles. The Balaban J connectivity index is 1.92. The first-order valence-corrected chi connectivity index (χ1v) is 5.18. The molecule has 3 nitrogen and oxygen atoms in total. The lowest BCUT2D eigenvalue weighted by molar-refractivity contribution is 0.195. The van der Waals surface area contributed by atoms with E-state index in [4.69, 9.17) is 17.0 Å². The fourth-order valence-electron chi connectivity index (χ4n) is 1.16. The molecule has 1 rings (SSSR count). The van der Waals surface area contributed by atoms with Crippen LogP contribution in [0.25, 0.3) is 0 Å². The second-order valence-corrected chi connectivity index (χ2v) is 3.97. The van der Waals surface area contributed by atoms with E-state index in [0.717, 1.165) is 30.6 Å². The van der Waals surface area contributed by atoms with Gasteiger partial charge in [-0.25, -0.2) is 0 Å². The van der Waals surface area contributed by atoms with Crippen LogP contribution in [0.15, 0.2) is 0 Å². The van der Waals surface area contributed by atoms with E-state index in [9.17, 15) is 0 Å². The summed E-state index contributed by atoms with van der Waals surface area (Å²) in [6.45, 7) is 3.90. The third-order valence-electron chi connectivity index (χ3n) is 2.24. The molecule has 0 aliphatic heterocycles. The second-order valence-electron chi connectivity index (χ2n) is 3.57. The highest BCUT2D eigenvalue weighted by molar-refractivity contribution is 7.80. The predicted octanol–water partition coefficient (Wildman–Crippen LogP) is 0.895. The quantitative estimate of drug-likeness (QED) is 0.512. The molecule has 2 N–H and O–H groups in total. The highest BCUT2D eigenvalue weighted by Gasteiger charge is 2.32. The zero-order valence-electron chi connectivity index (χ0n) is 8.30. The predicted molar refractivity (Wildman–Crippen MR) is 57.8 cm³/mol. The first-order chi connectivity index (χ1) is 6.24. The van der Waals surface area contributed by atoms with Crippen LogP contribution in [-0.4, -0.2) is 31.4 Å². The molecule has 2 atom stereocenters. The zero-order valence-corrected chi connectivity index (χ0v) is 9.12. The number of nitrogens with one attached hydrogen (secondary N) is 2. The lowest BCUT2D eigenvalue weighted by atomic mass is 10.4. The molecular formula is C9H18N2OS. The number of ether oxygens (including phenoxy) is 1. The Morgan fingerprint density at radius 2 is 2.31 bits per heavy atom. The van der Waals surface area contributed by atoms with Gasteiger partial charge in [0, 0.05) is 26.3 Å². The topological polar surface area (TPSA) is 33.3 Å². The van der Waals surface area contributed by atoms with E-state index in [1.165, 1.54) is 6.42 Å². The Bertz CT molecular complexity index is 175. The highest BCUT2D eigenvalue weighted by atomic mass is 32.1. The molecule has 0 radical (unpaired) electrons. The van der Waals surface area contributed by atoms with Gasteiger partial charge in [0.15, 0.2) is 5.11 Å². The van der Waals surface area contributed by atoms with Gasteiger partial charge in [0.2, 0.25) is 0 Å². The summed E-state index contributed by atoms with van der Waals surface area (Å²) in [5, 5.41) is 7.19. The number of thiocarbonyl (C=S) groups is 1. The summed E-state index contributed by atoms with van der Waals surface area (Å²) in [7, 11) is 1.71. The molecule has 1 fully saturated rings. The lowest BCUT2D eigenvalue weighted by Gasteiger charge is -2.09. The van der Waals surface area contributed by atoms with Crippen molar-refractivity contribution in [2.75, 3.05) is 20.3 Å². The number of hydrogen-bond donors (Lipinski definition) is 2. The molecule has 76 valence electrons. The van der Waals surface area contributed by atoms with Gasteiger partial charge in [-0.3, -0.25) is 0 Å². The van der Waals surface area contributed by atoms with Gasteiger partial charge in [-0.05, 0) is 31.0 Å². The minimum Gasteiger partial charge on any atom is -0.385 e. The molecular weight excluding hydrogens is 184 g/mol. The van der Waals surface area contributed by atoms with Crippen molar-refractivity contribution >= 4 is 17.3 Å². The van der Waals surface area contributed by atoms with Gasteiger partial charge in [0.05, 0.1) is 0 Å². The van der Waals surface area contributed by atoms with Crippen LogP contribution < -0.4 is 10.6 Å². The van der Waals surface area contributed by atoms with Crippen molar-refractivity contribution in [2.45, 2.75) is 25.8 Å². The molecule has 0 spiro atoms. The molecule has 0 saturated heterocycles. The van der Waals surface area contributed by atoms with Crippen LogP contribution in [0, 0.1) is 5.92 Å². The van der Waals surface area contributed by atoms with Crippen molar-refractivity contribution in [3.8, 4) is 0 Å². The van der Waals surface area contributed by atoms with Crippen molar-refractivity contribution in [1.82, 2.24) is 10.6 Å². The molecule has 0 aromatic rings. The van der Waals surface area contributed by atoms with E-state index < -0.39 is 0 Å². The highest BCUT2D eigenvalue weighted by Crippen LogP contribution is 2.28. The SMILES string of the molecule is COCCCNC(=S)NC1CC1C. The minimum atomic E-state index is 0.613. The fraction of sp³-hybridized carbons (Fsp3) is 0.889. The average Bonchev–Trinajstić information content (AvgIpc) is 2.76. The summed E-state index contributed by atoms with van der Waals surface area (Å²) >= 11 is 5.11. The van der Waals surface area contributed by atoms with Gasteiger partial charge in [0.1, 0.15) is 0 Å². The molecule has 0 aromatic heterocycles. The molecule has 2 unspecified atom stereocenters. The van der Waals surface area contributed by atoms with E-state index in [2.05, 4.69) is 17.6 Å². The van der Waals surface area contributed by atoms with Crippen LogP contribution in [0.2, 0.25) is 0 Å². The molecule has 4 heteroatoms. The van der Waals surface area contributed by atoms with Crippen LogP contribution in [0.3, 0.4) is 0 Å². The molecule has 1 aliphatic rings. The maximum atomic E-state index is 5.11. The Morgan fingerprint density at radius 1 is 1.62 bits per heavy atom. The first kappa shape index (κ1) is 10.7. The second kappa shape index (κ2) is 5.40. The number of hydrogen-bond acceptors (Lipinski definition) is 2. The van der Waals surface area contributed by atoms with Gasteiger partial charge in [0.25, 0.3) is 0 Å². The summed E-state index contributed by atoms with van der Waals surface area (Å²) in [6, 6.07) is 0.613. The van der Waals surface area contributed by atoms with Crippen molar-refractivity contribution in [3.63, 3.8) is 0 Å². The number of rotatable bonds is 5. The maximum absolute atomic E-state index is 5.11. The van der Waals surface area contributed by atoms with E-state index in [-0.39, 0.29) is 0 Å². The van der Waals surface area contributed by atoms with E-state index in [1.807, 2.05) is 0 Å². The molecule has 0 bridgehead atoms. The molecule has 1 aliphatic carbocycles. The van der Waals surface area contributed by atoms with Gasteiger partial charge in [-0.2, -0.15) is 0 Å². The van der Waals surface area contributed by atoms with Gasteiger partial charge in [-0.15, -0.1) is 0 Å². The van der Waals surface area contributed by atoms with Crippen molar-refractivity contribution in [2.24, 2.45) is 5.92 Å². The van der Waals surface area contributed by atoms with Crippen LogP contribution in [0.1, 0.15) is 19.8 Å². The van der Waals surface area contributed by atoms with Crippen LogP contribution >= 0.6 is 12.2 Å². The maximum Gasteiger partial charge on any atom is 0.166 e. The normalized spacial score (nSPS) is 25.4. The van der Waals surface area contributed by atoms with E-state index in [1.54, 1.807) is 7.11 Å². The average molecular weight is 202 g/mol. The molecule has 13 heavy (non-hydrogen) atoms. The molecule has 1 saturated carbocycles. The Morgan fingerprint density at radius 3 is 2.85 bits per heavy atom. The summed E-state index contributed by atoms with van der Waals surface area (Å²) in [4.78, 5) is 0. The Hall–Kier alpha value is -0.350. The minimum absolute atomic E-state index is 0.613.